The van der Waals surface area contributed by atoms with Crippen LogP contribution in [0.3, 0.4) is 0 Å². The van der Waals surface area contributed by atoms with Crippen LogP contribution < -0.4 is 19.5 Å². The first-order valence-corrected chi connectivity index (χ1v) is 8.99. The topological polar surface area (TPSA) is 43.0 Å². The van der Waals surface area contributed by atoms with Crippen molar-refractivity contribution >= 4 is 0 Å². The molecule has 136 valence electrons. The molecular weight excluding hydrogens is 304 g/mol. The highest BCUT2D eigenvalue weighted by Crippen LogP contribution is 2.41. The van der Waals surface area contributed by atoms with E-state index in [-0.39, 0.29) is 0 Å². The summed E-state index contributed by atoms with van der Waals surface area (Å²) in [4.78, 5) is 2.58. The number of benzene rings is 1. The van der Waals surface area contributed by atoms with Crippen molar-refractivity contribution in [2.45, 2.75) is 38.6 Å². The Kier molecular flexibility index (Phi) is 7.66. The molecule has 0 amide bonds. The number of nitrogens with one attached hydrogen (secondary N) is 1. The minimum absolute atomic E-state index is 0.347. The molecule has 1 unspecified atom stereocenters. The molecule has 0 aromatic heterocycles. The Bertz CT molecular complexity index is 500. The largest absolute Gasteiger partial charge is 0.496 e. The molecule has 1 aliphatic heterocycles. The minimum atomic E-state index is 0.347. The van der Waals surface area contributed by atoms with Gasteiger partial charge in [-0.15, -0.1) is 0 Å². The molecule has 1 atom stereocenters. The molecule has 5 nitrogen and oxygen atoms in total. The summed E-state index contributed by atoms with van der Waals surface area (Å²) >= 11 is 0. The van der Waals surface area contributed by atoms with E-state index in [2.05, 4.69) is 23.2 Å². The highest BCUT2D eigenvalue weighted by molar-refractivity contribution is 5.51. The average molecular weight is 336 g/mol. The number of methoxy groups -OCH3 is 3. The lowest BCUT2D eigenvalue weighted by atomic mass is 9.97. The number of ether oxygens (including phenoxy) is 3. The van der Waals surface area contributed by atoms with Gasteiger partial charge in [0, 0.05) is 37.3 Å². The van der Waals surface area contributed by atoms with E-state index in [4.69, 9.17) is 14.2 Å². The predicted molar refractivity (Wildman–Crippen MR) is 97.4 cm³/mol. The lowest BCUT2D eigenvalue weighted by molar-refractivity contribution is 0.192. The molecule has 1 N–H and O–H groups in total. The Morgan fingerprint density at radius 1 is 1.00 bits per heavy atom. The monoisotopic (exact) mass is 336 g/mol. The zero-order chi connectivity index (χ0) is 17.4. The zero-order valence-electron chi connectivity index (χ0n) is 15.6. The molecule has 1 heterocycles. The van der Waals surface area contributed by atoms with Crippen molar-refractivity contribution in [1.82, 2.24) is 10.2 Å². The number of hydrogen-bond acceptors (Lipinski definition) is 5. The third-order valence-electron chi connectivity index (χ3n) is 4.74. The van der Waals surface area contributed by atoms with Crippen LogP contribution >= 0.6 is 0 Å². The van der Waals surface area contributed by atoms with Gasteiger partial charge in [-0.3, -0.25) is 4.90 Å². The standard InChI is InChI=1S/C19H32N2O3/c1-5-6-8-16(21-11-7-9-20-10-12-21)15-13-18(23-3)19(24-4)14-17(15)22-2/h13-14,16,20H,5-12H2,1-4H3. The van der Waals surface area contributed by atoms with Crippen LogP contribution in [0.25, 0.3) is 0 Å². The van der Waals surface area contributed by atoms with Gasteiger partial charge >= 0.3 is 0 Å². The molecule has 0 spiro atoms. The molecule has 0 aliphatic carbocycles. The summed E-state index contributed by atoms with van der Waals surface area (Å²) in [5.41, 5.74) is 1.20. The molecule has 2 rings (SSSR count). The summed E-state index contributed by atoms with van der Waals surface area (Å²) in [6, 6.07) is 4.39. The van der Waals surface area contributed by atoms with Gasteiger partial charge in [0.2, 0.25) is 0 Å². The molecule has 1 aromatic rings. The van der Waals surface area contributed by atoms with Crippen LogP contribution in [0.15, 0.2) is 12.1 Å². The van der Waals surface area contributed by atoms with Gasteiger partial charge in [-0.25, -0.2) is 0 Å². The van der Waals surface area contributed by atoms with E-state index in [0.29, 0.717) is 11.8 Å². The summed E-state index contributed by atoms with van der Waals surface area (Å²) in [6.45, 7) is 6.55. The maximum absolute atomic E-state index is 5.69. The second kappa shape index (κ2) is 9.74. The highest BCUT2D eigenvalue weighted by Gasteiger charge is 2.25. The molecule has 1 saturated heterocycles. The van der Waals surface area contributed by atoms with Gasteiger partial charge in [-0.2, -0.15) is 0 Å². The average Bonchev–Trinajstić information content (AvgIpc) is 2.90. The Balaban J connectivity index is 2.39. The molecule has 0 radical (unpaired) electrons. The summed E-state index contributed by atoms with van der Waals surface area (Å²) in [6.07, 6.45) is 4.70. The maximum atomic E-state index is 5.69. The van der Waals surface area contributed by atoms with Gasteiger partial charge < -0.3 is 19.5 Å². The molecule has 5 heteroatoms. The first-order chi connectivity index (χ1) is 11.7. The van der Waals surface area contributed by atoms with Crippen LogP contribution in [0.4, 0.5) is 0 Å². The fourth-order valence-electron chi connectivity index (χ4n) is 3.42. The first kappa shape index (κ1) is 18.9. The molecule has 0 bridgehead atoms. The second-order valence-electron chi connectivity index (χ2n) is 6.25. The SMILES string of the molecule is CCCCC(c1cc(OC)c(OC)cc1OC)N1CCCNCC1. The normalized spacial score (nSPS) is 17.2. The van der Waals surface area contributed by atoms with Crippen molar-refractivity contribution in [2.75, 3.05) is 47.5 Å². The molecule has 1 fully saturated rings. The lowest BCUT2D eigenvalue weighted by Crippen LogP contribution is -2.32. The van der Waals surface area contributed by atoms with E-state index >= 15 is 0 Å². The van der Waals surface area contributed by atoms with Crippen molar-refractivity contribution in [1.29, 1.82) is 0 Å². The van der Waals surface area contributed by atoms with Crippen LogP contribution in [0.2, 0.25) is 0 Å². The van der Waals surface area contributed by atoms with Crippen LogP contribution in [0, 0.1) is 0 Å². The number of rotatable bonds is 8. The number of hydrogen-bond donors (Lipinski definition) is 1. The quantitative estimate of drug-likeness (QED) is 0.789. The van der Waals surface area contributed by atoms with E-state index in [0.717, 1.165) is 44.1 Å². The van der Waals surface area contributed by atoms with Gasteiger partial charge in [0.15, 0.2) is 11.5 Å². The first-order valence-electron chi connectivity index (χ1n) is 8.99. The second-order valence-corrected chi connectivity index (χ2v) is 6.25. The highest BCUT2D eigenvalue weighted by atomic mass is 16.5. The van der Waals surface area contributed by atoms with Crippen molar-refractivity contribution in [2.24, 2.45) is 0 Å². The Morgan fingerprint density at radius 2 is 1.71 bits per heavy atom. The molecular formula is C19H32N2O3. The number of nitrogens with zero attached hydrogens (tertiary/aromatic N) is 1. The molecule has 1 aliphatic rings. The van der Waals surface area contributed by atoms with Crippen LogP contribution in [0.5, 0.6) is 17.2 Å². The van der Waals surface area contributed by atoms with Gasteiger partial charge in [0.25, 0.3) is 0 Å². The van der Waals surface area contributed by atoms with Crippen molar-refractivity contribution < 1.29 is 14.2 Å². The molecule has 1 aromatic carbocycles. The Morgan fingerprint density at radius 3 is 2.38 bits per heavy atom. The Labute approximate surface area is 146 Å². The Hall–Kier alpha value is -1.46. The van der Waals surface area contributed by atoms with Gasteiger partial charge in [0.05, 0.1) is 21.3 Å². The van der Waals surface area contributed by atoms with Gasteiger partial charge in [0.1, 0.15) is 5.75 Å². The maximum Gasteiger partial charge on any atom is 0.164 e. The van der Waals surface area contributed by atoms with Crippen molar-refractivity contribution in [3.05, 3.63) is 17.7 Å². The summed E-state index contributed by atoms with van der Waals surface area (Å²) in [5.74, 6) is 2.36. The summed E-state index contributed by atoms with van der Waals surface area (Å²) in [7, 11) is 5.07. The lowest BCUT2D eigenvalue weighted by Gasteiger charge is -2.32. The summed E-state index contributed by atoms with van der Waals surface area (Å²) in [5, 5.41) is 3.49. The van der Waals surface area contributed by atoms with E-state index in [9.17, 15) is 0 Å². The van der Waals surface area contributed by atoms with E-state index in [1.807, 2.05) is 6.07 Å². The van der Waals surface area contributed by atoms with Crippen molar-refractivity contribution in [3.63, 3.8) is 0 Å². The third-order valence-corrected chi connectivity index (χ3v) is 4.74. The minimum Gasteiger partial charge on any atom is -0.496 e. The third kappa shape index (κ3) is 4.54. The molecule has 0 saturated carbocycles. The number of unbranched alkanes of at least 4 members (excludes halogenated alkanes) is 1. The van der Waals surface area contributed by atoms with Gasteiger partial charge in [-0.1, -0.05) is 19.8 Å². The van der Waals surface area contributed by atoms with Crippen LogP contribution in [-0.2, 0) is 0 Å². The summed E-state index contributed by atoms with van der Waals surface area (Å²) < 4.78 is 16.7. The van der Waals surface area contributed by atoms with E-state index in [1.54, 1.807) is 21.3 Å². The van der Waals surface area contributed by atoms with Crippen LogP contribution in [0.1, 0.15) is 44.2 Å². The van der Waals surface area contributed by atoms with E-state index < -0.39 is 0 Å². The predicted octanol–water partition coefficient (Wildman–Crippen LogP) is 3.24. The van der Waals surface area contributed by atoms with Gasteiger partial charge in [-0.05, 0) is 25.5 Å². The fourth-order valence-corrected chi connectivity index (χ4v) is 3.42. The van der Waals surface area contributed by atoms with Crippen molar-refractivity contribution in [3.8, 4) is 17.2 Å². The smallest absolute Gasteiger partial charge is 0.164 e. The van der Waals surface area contributed by atoms with Crippen LogP contribution in [-0.4, -0.2) is 52.4 Å². The molecule has 24 heavy (non-hydrogen) atoms. The van der Waals surface area contributed by atoms with E-state index in [1.165, 1.54) is 24.8 Å². The zero-order valence-corrected chi connectivity index (χ0v) is 15.6. The fraction of sp³-hybridized carbons (Fsp3) is 0.684.